The molecular weight excluding hydrogens is 300 g/mol. The molecule has 2 N–H and O–H groups in total. The molecule has 4 heteroatoms. The molecule has 2 amide bonds. The minimum Gasteiger partial charge on any atom is -0.376 e. The Morgan fingerprint density at radius 2 is 1.38 bits per heavy atom. The molecule has 24 heavy (non-hydrogen) atoms. The van der Waals surface area contributed by atoms with Crippen LogP contribution in [-0.4, -0.2) is 18.4 Å². The summed E-state index contributed by atoms with van der Waals surface area (Å²) in [6.45, 7) is 2.35. The second kappa shape index (κ2) is 13.6. The lowest BCUT2D eigenvalue weighted by molar-refractivity contribution is -0.129. The highest BCUT2D eigenvalue weighted by Crippen LogP contribution is 2.10. The first-order valence-electron chi connectivity index (χ1n) is 9.34. The molecule has 0 unspecified atom stereocenters. The molecule has 134 valence electrons. The number of rotatable bonds is 13. The first-order valence-corrected chi connectivity index (χ1v) is 9.34. The Kier molecular flexibility index (Phi) is 11.4. The van der Waals surface area contributed by atoms with Crippen LogP contribution in [0.3, 0.4) is 0 Å². The van der Waals surface area contributed by atoms with Gasteiger partial charge in [0.25, 0.3) is 0 Å². The van der Waals surface area contributed by atoms with Crippen LogP contribution in [0.1, 0.15) is 71.1 Å². The fourth-order valence-electron chi connectivity index (χ4n) is 2.60. The number of para-hydroxylation sites is 1. The summed E-state index contributed by atoms with van der Waals surface area (Å²) in [7, 11) is 0. The Hall–Kier alpha value is -1.84. The number of carbonyl (C=O) groups is 2. The molecule has 1 aromatic carbocycles. The molecule has 0 aliphatic rings. The van der Waals surface area contributed by atoms with E-state index in [0.717, 1.165) is 18.5 Å². The fourth-order valence-corrected chi connectivity index (χ4v) is 2.60. The van der Waals surface area contributed by atoms with Crippen molar-refractivity contribution in [3.63, 3.8) is 0 Å². The highest BCUT2D eigenvalue weighted by atomic mass is 16.2. The van der Waals surface area contributed by atoms with Gasteiger partial charge in [-0.25, -0.2) is 0 Å². The van der Waals surface area contributed by atoms with Crippen molar-refractivity contribution in [3.8, 4) is 0 Å². The summed E-state index contributed by atoms with van der Waals surface area (Å²) in [5, 5.41) is 5.43. The van der Waals surface area contributed by atoms with Crippen molar-refractivity contribution in [3.05, 3.63) is 30.3 Å². The Bertz CT molecular complexity index is 460. The highest BCUT2D eigenvalue weighted by molar-refractivity contribution is 5.96. The maximum Gasteiger partial charge on any atom is 0.245 e. The molecular formula is C20H32N2O2. The Morgan fingerprint density at radius 3 is 2.00 bits per heavy atom. The van der Waals surface area contributed by atoms with E-state index >= 15 is 0 Å². The van der Waals surface area contributed by atoms with Gasteiger partial charge in [-0.3, -0.25) is 14.9 Å². The maximum atomic E-state index is 11.7. The number of unbranched alkanes of at least 4 members (excludes halogenated alkanes) is 8. The van der Waals surface area contributed by atoms with Crippen LogP contribution in [-0.2, 0) is 9.59 Å². The van der Waals surface area contributed by atoms with Crippen LogP contribution < -0.4 is 10.6 Å². The van der Waals surface area contributed by atoms with Crippen LogP contribution in [0.15, 0.2) is 30.3 Å². The van der Waals surface area contributed by atoms with Crippen LogP contribution in [0, 0.1) is 0 Å². The zero-order valence-electron chi connectivity index (χ0n) is 15.0. The van der Waals surface area contributed by atoms with Gasteiger partial charge in [0.15, 0.2) is 0 Å². The molecule has 0 heterocycles. The monoisotopic (exact) mass is 332 g/mol. The first-order chi connectivity index (χ1) is 11.7. The van der Waals surface area contributed by atoms with Crippen LogP contribution >= 0.6 is 0 Å². The van der Waals surface area contributed by atoms with Crippen LogP contribution in [0.4, 0.5) is 5.69 Å². The Morgan fingerprint density at radius 1 is 0.792 bits per heavy atom. The van der Waals surface area contributed by atoms with Crippen molar-refractivity contribution in [2.45, 2.75) is 71.1 Å². The molecule has 0 atom stereocenters. The summed E-state index contributed by atoms with van der Waals surface area (Å²) in [5.74, 6) is -0.447. The van der Waals surface area contributed by atoms with Gasteiger partial charge in [0.2, 0.25) is 11.8 Å². The number of hydrogen-bond acceptors (Lipinski definition) is 3. The number of anilines is 1. The van der Waals surface area contributed by atoms with Gasteiger partial charge in [-0.15, -0.1) is 0 Å². The molecule has 0 saturated heterocycles. The summed E-state index contributed by atoms with van der Waals surface area (Å²) in [6, 6.07) is 9.49. The third-order valence-electron chi connectivity index (χ3n) is 4.01. The summed E-state index contributed by atoms with van der Waals surface area (Å²) in [5.41, 5.74) is 0.874. The number of hydrogen-bond donors (Lipinski definition) is 2. The van der Waals surface area contributed by atoms with Crippen molar-refractivity contribution in [2.75, 3.05) is 11.9 Å². The number of nitrogens with one attached hydrogen (secondary N) is 2. The number of benzene rings is 1. The molecule has 0 aliphatic heterocycles. The van der Waals surface area contributed by atoms with Crippen molar-refractivity contribution < 1.29 is 9.59 Å². The third kappa shape index (κ3) is 10.8. The van der Waals surface area contributed by atoms with E-state index in [2.05, 4.69) is 17.6 Å². The molecule has 0 saturated carbocycles. The van der Waals surface area contributed by atoms with Crippen molar-refractivity contribution in [1.82, 2.24) is 5.32 Å². The van der Waals surface area contributed by atoms with E-state index in [1.165, 1.54) is 44.9 Å². The average molecular weight is 332 g/mol. The van der Waals surface area contributed by atoms with Crippen molar-refractivity contribution in [2.24, 2.45) is 0 Å². The molecule has 4 nitrogen and oxygen atoms in total. The van der Waals surface area contributed by atoms with E-state index in [1.54, 1.807) is 0 Å². The van der Waals surface area contributed by atoms with Gasteiger partial charge in [0, 0.05) is 12.1 Å². The van der Waals surface area contributed by atoms with Crippen LogP contribution in [0.25, 0.3) is 0 Å². The number of imide groups is 1. The molecule has 0 aromatic heterocycles. The molecule has 1 aromatic rings. The second-order valence-corrected chi connectivity index (χ2v) is 6.27. The van der Waals surface area contributed by atoms with Gasteiger partial charge in [0.05, 0.1) is 6.54 Å². The third-order valence-corrected chi connectivity index (χ3v) is 4.01. The molecule has 0 spiro atoms. The molecule has 0 bridgehead atoms. The molecule has 0 fully saturated rings. The van der Waals surface area contributed by atoms with E-state index in [4.69, 9.17) is 0 Å². The number of amides is 2. The summed E-state index contributed by atoms with van der Waals surface area (Å²) in [6.07, 6.45) is 11.4. The van der Waals surface area contributed by atoms with Crippen molar-refractivity contribution in [1.29, 1.82) is 0 Å². The van der Waals surface area contributed by atoms with Gasteiger partial charge >= 0.3 is 0 Å². The number of carbonyl (C=O) groups excluding carboxylic acids is 2. The normalized spacial score (nSPS) is 10.4. The van der Waals surface area contributed by atoms with Gasteiger partial charge in [-0.05, 0) is 18.6 Å². The van der Waals surface area contributed by atoms with Crippen molar-refractivity contribution >= 4 is 17.5 Å². The Labute approximate surface area is 146 Å². The average Bonchev–Trinajstić information content (AvgIpc) is 2.59. The second-order valence-electron chi connectivity index (χ2n) is 6.27. The summed E-state index contributed by atoms with van der Waals surface area (Å²) >= 11 is 0. The van der Waals surface area contributed by atoms with Gasteiger partial charge in [0.1, 0.15) is 0 Å². The van der Waals surface area contributed by atoms with Gasteiger partial charge in [-0.1, -0.05) is 76.5 Å². The van der Waals surface area contributed by atoms with Crippen LogP contribution in [0.2, 0.25) is 0 Å². The van der Waals surface area contributed by atoms with E-state index in [0.29, 0.717) is 6.42 Å². The molecule has 1 rings (SSSR count). The lowest BCUT2D eigenvalue weighted by Crippen LogP contribution is -2.34. The van der Waals surface area contributed by atoms with Gasteiger partial charge in [-0.2, -0.15) is 0 Å². The standard InChI is InChI=1S/C20H32N2O2/c1-2-3-4-5-6-7-8-9-13-16-19(23)22-20(24)17-21-18-14-11-10-12-15-18/h10-12,14-15,21H,2-9,13,16-17H2,1H3,(H,22,23,24). The van der Waals surface area contributed by atoms with E-state index in [1.807, 2.05) is 30.3 Å². The lowest BCUT2D eigenvalue weighted by atomic mass is 10.1. The zero-order chi connectivity index (χ0) is 17.5. The fraction of sp³-hybridized carbons (Fsp3) is 0.600. The van der Waals surface area contributed by atoms with E-state index in [9.17, 15) is 9.59 Å². The summed E-state index contributed by atoms with van der Waals surface area (Å²) in [4.78, 5) is 23.4. The summed E-state index contributed by atoms with van der Waals surface area (Å²) < 4.78 is 0. The minimum atomic E-state index is -0.278. The molecule has 0 aliphatic carbocycles. The lowest BCUT2D eigenvalue weighted by Gasteiger charge is -2.07. The molecule has 0 radical (unpaired) electrons. The largest absolute Gasteiger partial charge is 0.376 e. The van der Waals surface area contributed by atoms with Gasteiger partial charge < -0.3 is 5.32 Å². The SMILES string of the molecule is CCCCCCCCCCCC(=O)NC(=O)CNc1ccccc1. The highest BCUT2D eigenvalue weighted by Gasteiger charge is 2.07. The predicted octanol–water partition coefficient (Wildman–Crippen LogP) is 4.66. The van der Waals surface area contributed by atoms with E-state index in [-0.39, 0.29) is 18.4 Å². The topological polar surface area (TPSA) is 58.2 Å². The first kappa shape index (κ1) is 20.2. The quantitative estimate of drug-likeness (QED) is 0.516. The van der Waals surface area contributed by atoms with Crippen LogP contribution in [0.5, 0.6) is 0 Å². The Balaban J connectivity index is 1.96. The zero-order valence-corrected chi connectivity index (χ0v) is 15.0. The predicted molar refractivity (Wildman–Crippen MR) is 99.9 cm³/mol. The maximum absolute atomic E-state index is 11.7. The van der Waals surface area contributed by atoms with E-state index < -0.39 is 0 Å². The smallest absolute Gasteiger partial charge is 0.245 e. The minimum absolute atomic E-state index is 0.119.